The van der Waals surface area contributed by atoms with Gasteiger partial charge in [-0.05, 0) is 26.8 Å². The van der Waals surface area contributed by atoms with Crippen molar-refractivity contribution in [3.63, 3.8) is 0 Å². The van der Waals surface area contributed by atoms with Crippen molar-refractivity contribution in [2.45, 2.75) is 38.7 Å². The normalized spacial score (nSPS) is 19.9. The molecule has 28 heavy (non-hydrogen) atoms. The Morgan fingerprint density at radius 1 is 1.21 bits per heavy atom. The molecular formula is C18H23ClF2N4O3. The van der Waals surface area contributed by atoms with E-state index in [0.29, 0.717) is 18.1 Å². The molecule has 154 valence electrons. The number of piperazine rings is 1. The van der Waals surface area contributed by atoms with Crippen molar-refractivity contribution < 1.29 is 23.1 Å². The zero-order valence-electron chi connectivity index (χ0n) is 16.0. The quantitative estimate of drug-likeness (QED) is 0.690. The van der Waals surface area contributed by atoms with Crippen molar-refractivity contribution in [1.82, 2.24) is 9.88 Å². The van der Waals surface area contributed by atoms with E-state index >= 15 is 0 Å². The van der Waals surface area contributed by atoms with E-state index in [1.165, 1.54) is 4.90 Å². The second-order valence-electron chi connectivity index (χ2n) is 7.98. The predicted molar refractivity (Wildman–Crippen MR) is 101 cm³/mol. The Morgan fingerprint density at radius 3 is 2.50 bits per heavy atom. The van der Waals surface area contributed by atoms with E-state index in [1.807, 2.05) is 0 Å². The number of hydrogen-bond acceptors (Lipinski definition) is 6. The number of amides is 2. The third kappa shape index (κ3) is 4.81. The van der Waals surface area contributed by atoms with Crippen LogP contribution in [0, 0.1) is 0 Å². The first-order valence-electron chi connectivity index (χ1n) is 9.02. The Morgan fingerprint density at radius 2 is 1.93 bits per heavy atom. The van der Waals surface area contributed by atoms with Crippen LogP contribution in [0.1, 0.15) is 27.2 Å². The molecule has 3 heterocycles. The number of nitrogens with zero attached hydrogens (tertiary/aromatic N) is 4. The smallest absolute Gasteiger partial charge is 0.417 e. The third-order valence-electron chi connectivity index (χ3n) is 4.46. The highest BCUT2D eigenvalue weighted by Gasteiger charge is 2.39. The summed E-state index contributed by atoms with van der Waals surface area (Å²) in [5.41, 5.74) is -0.0952. The molecule has 2 aliphatic heterocycles. The van der Waals surface area contributed by atoms with Gasteiger partial charge in [0.1, 0.15) is 16.6 Å². The van der Waals surface area contributed by atoms with Crippen LogP contribution < -0.4 is 9.80 Å². The molecule has 0 aromatic carbocycles. The number of ether oxygens (including phenoxy) is 1. The molecule has 1 aromatic heterocycles. The van der Waals surface area contributed by atoms with Crippen molar-refractivity contribution in [2.24, 2.45) is 0 Å². The highest BCUT2D eigenvalue weighted by atomic mass is 35.5. The van der Waals surface area contributed by atoms with Crippen LogP contribution in [0.25, 0.3) is 0 Å². The number of anilines is 2. The van der Waals surface area contributed by atoms with Crippen LogP contribution in [0.15, 0.2) is 12.1 Å². The lowest BCUT2D eigenvalue weighted by Crippen LogP contribution is -2.53. The second kappa shape index (κ2) is 7.35. The molecular weight excluding hydrogens is 394 g/mol. The average Bonchev–Trinajstić information content (AvgIpc) is 2.92. The summed E-state index contributed by atoms with van der Waals surface area (Å²) in [4.78, 5) is 33.0. The average molecular weight is 417 g/mol. The Kier molecular flexibility index (Phi) is 5.40. The van der Waals surface area contributed by atoms with E-state index in [1.54, 1.807) is 37.8 Å². The number of alkyl halides is 2. The van der Waals surface area contributed by atoms with Gasteiger partial charge >= 0.3 is 6.09 Å². The van der Waals surface area contributed by atoms with Crippen molar-refractivity contribution in [2.75, 3.05) is 42.5 Å². The molecule has 2 fully saturated rings. The summed E-state index contributed by atoms with van der Waals surface area (Å²) in [6.45, 7) is 5.45. The molecule has 0 unspecified atom stereocenters. The Hall–Kier alpha value is -2.16. The van der Waals surface area contributed by atoms with E-state index in [9.17, 15) is 18.4 Å². The first-order chi connectivity index (χ1) is 12.9. The molecule has 0 atom stereocenters. The van der Waals surface area contributed by atoms with E-state index < -0.39 is 30.1 Å². The van der Waals surface area contributed by atoms with Crippen LogP contribution >= 0.6 is 11.6 Å². The Balaban J connectivity index is 1.72. The van der Waals surface area contributed by atoms with Crippen molar-refractivity contribution in [3.8, 4) is 0 Å². The van der Waals surface area contributed by atoms with Gasteiger partial charge in [0.05, 0.1) is 13.1 Å². The van der Waals surface area contributed by atoms with Gasteiger partial charge in [-0.2, -0.15) is 0 Å². The highest BCUT2D eigenvalue weighted by molar-refractivity contribution is 6.29. The molecule has 2 aliphatic rings. The minimum absolute atomic E-state index is 0.0464. The lowest BCUT2D eigenvalue weighted by Gasteiger charge is -2.35. The number of carbonyl (C=O) groups is 2. The Bertz CT molecular complexity index is 785. The largest absolute Gasteiger partial charge is 0.443 e. The lowest BCUT2D eigenvalue weighted by atomic mass is 10.2. The van der Waals surface area contributed by atoms with Gasteiger partial charge in [0, 0.05) is 37.8 Å². The van der Waals surface area contributed by atoms with Gasteiger partial charge in [0.15, 0.2) is 0 Å². The predicted octanol–water partition coefficient (Wildman–Crippen LogP) is 3.16. The highest BCUT2D eigenvalue weighted by Crippen LogP contribution is 2.33. The topological polar surface area (TPSA) is 66.0 Å². The summed E-state index contributed by atoms with van der Waals surface area (Å²) in [6, 6.07) is 3.22. The maximum atomic E-state index is 13.5. The summed E-state index contributed by atoms with van der Waals surface area (Å²) < 4.78 is 32.3. The number of imide groups is 1. The molecule has 1 aromatic rings. The first-order valence-corrected chi connectivity index (χ1v) is 9.40. The van der Waals surface area contributed by atoms with Gasteiger partial charge in [0.2, 0.25) is 0 Å². The van der Waals surface area contributed by atoms with Crippen LogP contribution in [0.5, 0.6) is 0 Å². The number of carbonyl (C=O) groups excluding carboxylic acids is 2. The molecule has 2 saturated heterocycles. The van der Waals surface area contributed by atoms with Gasteiger partial charge in [-0.3, -0.25) is 4.79 Å². The molecule has 10 heteroatoms. The SMILES string of the molecule is CC(C)(C)OC(=O)N1CCN(c2cc(Cl)nc(N3CCC(F)(F)C3)c2)CC1=O. The van der Waals surface area contributed by atoms with Gasteiger partial charge in [-0.1, -0.05) is 11.6 Å². The maximum absolute atomic E-state index is 13.5. The summed E-state index contributed by atoms with van der Waals surface area (Å²) in [6.07, 6.45) is -0.909. The van der Waals surface area contributed by atoms with Crippen LogP contribution in [-0.4, -0.2) is 66.1 Å². The van der Waals surface area contributed by atoms with Crippen LogP contribution in [-0.2, 0) is 9.53 Å². The molecule has 7 nitrogen and oxygen atoms in total. The fourth-order valence-corrected chi connectivity index (χ4v) is 3.35. The third-order valence-corrected chi connectivity index (χ3v) is 4.65. The van der Waals surface area contributed by atoms with E-state index in [-0.39, 0.29) is 31.2 Å². The molecule has 0 spiro atoms. The number of aromatic nitrogens is 1. The minimum Gasteiger partial charge on any atom is -0.443 e. The lowest BCUT2D eigenvalue weighted by molar-refractivity contribution is -0.130. The fraction of sp³-hybridized carbons (Fsp3) is 0.611. The maximum Gasteiger partial charge on any atom is 0.417 e. The zero-order chi connectivity index (χ0) is 20.7. The van der Waals surface area contributed by atoms with Gasteiger partial charge < -0.3 is 14.5 Å². The molecule has 0 radical (unpaired) electrons. The second-order valence-corrected chi connectivity index (χ2v) is 8.37. The number of pyridine rings is 1. The van der Waals surface area contributed by atoms with Crippen LogP contribution in [0.3, 0.4) is 0 Å². The van der Waals surface area contributed by atoms with Crippen molar-refractivity contribution >= 4 is 35.1 Å². The molecule has 0 bridgehead atoms. The zero-order valence-corrected chi connectivity index (χ0v) is 16.8. The first kappa shape index (κ1) is 20.6. The molecule has 0 aliphatic carbocycles. The number of hydrogen-bond donors (Lipinski definition) is 0. The standard InChI is InChI=1S/C18H23ClF2N4O3/c1-17(2,3)28-16(27)25-7-6-23(10-15(25)26)12-8-13(19)22-14(9-12)24-5-4-18(20,21)11-24/h8-9H,4-7,10-11H2,1-3H3. The Labute approximate surface area is 167 Å². The van der Waals surface area contributed by atoms with E-state index in [4.69, 9.17) is 16.3 Å². The number of rotatable bonds is 2. The molecule has 2 amide bonds. The van der Waals surface area contributed by atoms with Gasteiger partial charge in [0.25, 0.3) is 11.8 Å². The molecule has 3 rings (SSSR count). The van der Waals surface area contributed by atoms with Crippen LogP contribution in [0.2, 0.25) is 5.15 Å². The van der Waals surface area contributed by atoms with Gasteiger partial charge in [-0.15, -0.1) is 0 Å². The summed E-state index contributed by atoms with van der Waals surface area (Å²) >= 11 is 6.09. The van der Waals surface area contributed by atoms with Gasteiger partial charge in [-0.25, -0.2) is 23.5 Å². The minimum atomic E-state index is -2.75. The van der Waals surface area contributed by atoms with Crippen LogP contribution in [0.4, 0.5) is 25.1 Å². The summed E-state index contributed by atoms with van der Waals surface area (Å²) in [5.74, 6) is -2.80. The monoisotopic (exact) mass is 416 g/mol. The van der Waals surface area contributed by atoms with E-state index in [2.05, 4.69) is 4.98 Å². The fourth-order valence-electron chi connectivity index (χ4n) is 3.15. The molecule has 0 saturated carbocycles. The summed E-state index contributed by atoms with van der Waals surface area (Å²) in [5, 5.41) is 0.157. The molecule has 0 N–H and O–H groups in total. The van der Waals surface area contributed by atoms with E-state index in [0.717, 1.165) is 4.90 Å². The van der Waals surface area contributed by atoms with Crippen molar-refractivity contribution in [1.29, 1.82) is 0 Å². The van der Waals surface area contributed by atoms with Crippen molar-refractivity contribution in [3.05, 3.63) is 17.3 Å². The number of halogens is 3. The summed E-state index contributed by atoms with van der Waals surface area (Å²) in [7, 11) is 0.